The summed E-state index contributed by atoms with van der Waals surface area (Å²) >= 11 is 0. The lowest BCUT2D eigenvalue weighted by atomic mass is 9.79. The second kappa shape index (κ2) is 22.8. The van der Waals surface area contributed by atoms with Gasteiger partial charge in [-0.2, -0.15) is 0 Å². The minimum Gasteiger partial charge on any atom is -0.309 e. The van der Waals surface area contributed by atoms with Crippen molar-refractivity contribution in [1.82, 2.24) is 9.13 Å². The average molecular weight is 1360 g/mol. The molecule has 18 aromatic carbocycles. The zero-order valence-corrected chi connectivity index (χ0v) is 60.7. The molecule has 2 nitrogen and oxygen atoms in total. The Morgan fingerprint density at radius 2 is 0.570 bits per heavy atom. The number of benzene rings is 18. The van der Waals surface area contributed by atoms with Gasteiger partial charge in [0.15, 0.2) is 0 Å². The molecule has 2 aromatic heterocycles. The summed E-state index contributed by atoms with van der Waals surface area (Å²) in [5, 5.41) is 20.2. The highest BCUT2D eigenvalue weighted by atomic mass is 15.0. The van der Waals surface area contributed by atoms with Crippen molar-refractivity contribution in [2.24, 2.45) is 0 Å². The highest BCUT2D eigenvalue weighted by Crippen LogP contribution is 2.55. The SMILES string of the molecule is CC(C)c1cc(-c2ccc3cc(-c4ccc5ccccc5c4)ccc3c2)cc(-c2ccc3c4c(ccc3c2)-c2cc3cc(-c5ccc6c(c5)c5ccccc5n6-c5cc(-c6ccc7ccc8c(c7c6)C(C)(C)c6cc7ccccc7cc6-8)cc(-n6c7ccccc7c7ccccc76)c5)ccc3cc2C4(C)C)c1. The predicted molar refractivity (Wildman–Crippen MR) is 457 cm³/mol. The van der Waals surface area contributed by atoms with Gasteiger partial charge in [0.25, 0.3) is 0 Å². The van der Waals surface area contributed by atoms with E-state index in [0.29, 0.717) is 5.92 Å². The molecule has 2 aliphatic rings. The Labute approximate surface area is 622 Å². The van der Waals surface area contributed by atoms with Crippen LogP contribution >= 0.6 is 0 Å². The summed E-state index contributed by atoms with van der Waals surface area (Å²) in [6.45, 7) is 14.3. The molecule has 0 spiro atoms. The van der Waals surface area contributed by atoms with Gasteiger partial charge in [-0.05, 0) is 292 Å². The number of hydrogen-bond donors (Lipinski definition) is 0. The Bertz CT molecular complexity index is 7230. The Kier molecular flexibility index (Phi) is 13.1. The topological polar surface area (TPSA) is 9.86 Å². The second-order valence-electron chi connectivity index (χ2n) is 31.8. The first kappa shape index (κ1) is 61.6. The van der Waals surface area contributed by atoms with Gasteiger partial charge in [-0.15, -0.1) is 0 Å². The van der Waals surface area contributed by atoms with E-state index in [1.807, 2.05) is 0 Å². The van der Waals surface area contributed by atoms with Crippen LogP contribution in [0.25, 0.3) is 198 Å². The third-order valence-corrected chi connectivity index (χ3v) is 24.6. The van der Waals surface area contributed by atoms with E-state index in [-0.39, 0.29) is 10.8 Å². The number of aromatic nitrogens is 2. The number of para-hydroxylation sites is 3. The van der Waals surface area contributed by atoms with Crippen molar-refractivity contribution in [3.8, 4) is 89.3 Å². The summed E-state index contributed by atoms with van der Waals surface area (Å²) in [4.78, 5) is 0. The molecule has 2 heteroatoms. The van der Waals surface area contributed by atoms with Crippen molar-refractivity contribution in [2.75, 3.05) is 0 Å². The van der Waals surface area contributed by atoms with Gasteiger partial charge in [0, 0.05) is 43.7 Å². The molecule has 20 aromatic rings. The third-order valence-electron chi connectivity index (χ3n) is 24.6. The summed E-state index contributed by atoms with van der Waals surface area (Å²) in [5.74, 6) is 0.370. The zero-order valence-electron chi connectivity index (χ0n) is 60.7. The molecule has 0 amide bonds. The van der Waals surface area contributed by atoms with Crippen molar-refractivity contribution in [3.63, 3.8) is 0 Å². The minimum atomic E-state index is -0.214. The first-order valence-electron chi connectivity index (χ1n) is 37.9. The Hall–Kier alpha value is -12.9. The van der Waals surface area contributed by atoms with E-state index in [0.717, 1.165) is 11.4 Å². The number of rotatable bonds is 8. The molecule has 0 radical (unpaired) electrons. The van der Waals surface area contributed by atoms with Crippen molar-refractivity contribution in [3.05, 3.63) is 361 Å². The van der Waals surface area contributed by atoms with Gasteiger partial charge in [-0.3, -0.25) is 0 Å². The van der Waals surface area contributed by atoms with Crippen LogP contribution in [0.1, 0.15) is 75.3 Å². The third kappa shape index (κ3) is 9.38. The van der Waals surface area contributed by atoms with Gasteiger partial charge < -0.3 is 9.13 Å². The fourth-order valence-corrected chi connectivity index (χ4v) is 19.2. The Morgan fingerprint density at radius 3 is 1.14 bits per heavy atom. The van der Waals surface area contributed by atoms with Gasteiger partial charge in [0.1, 0.15) is 0 Å². The highest BCUT2D eigenvalue weighted by molar-refractivity contribution is 6.13. The van der Waals surface area contributed by atoms with Crippen LogP contribution in [0.15, 0.2) is 334 Å². The molecule has 2 heterocycles. The van der Waals surface area contributed by atoms with Crippen molar-refractivity contribution in [2.45, 2.75) is 58.3 Å². The summed E-state index contributed by atoms with van der Waals surface area (Å²) in [6, 6.07) is 127. The van der Waals surface area contributed by atoms with Crippen LogP contribution < -0.4 is 0 Å². The maximum atomic E-state index is 2.52. The molecular formula is C105H74N2. The lowest BCUT2D eigenvalue weighted by Gasteiger charge is -2.24. The highest BCUT2D eigenvalue weighted by Gasteiger charge is 2.39. The van der Waals surface area contributed by atoms with Crippen LogP contribution in [0.5, 0.6) is 0 Å². The van der Waals surface area contributed by atoms with E-state index >= 15 is 0 Å². The number of fused-ring (bicyclic) bond motifs is 20. The Balaban J connectivity index is 0.623. The standard InChI is InChI=1S/C105H74N2/c1-62(2)79-50-80(73-35-33-70-46-69(31-32-71(70)47-73)68-29-27-63-17-7-8-18-65(63)45-68)52-81(51-79)74-38-41-86-78(48-74)39-43-90-94-58-82-49-72(34-36-77(82)60-97(94)104(3,4)102(86)90)75-40-44-101-95(57-75)89-23-13-16-26-100(89)107(101)85-54-83(53-84(61-85)106-98-24-14-11-21-87(98)88-22-12-15-25-99(88)106)76-30-28-64-37-42-91-93-56-66-19-9-10-20-67(66)59-96(93)105(5,6)103(91)92(64)55-76/h7-62H,1-6H3. The van der Waals surface area contributed by atoms with Crippen molar-refractivity contribution in [1.29, 1.82) is 0 Å². The quantitative estimate of drug-likeness (QED) is 0.143. The molecule has 2 aliphatic carbocycles. The largest absolute Gasteiger partial charge is 0.309 e. The predicted octanol–water partition coefficient (Wildman–Crippen LogP) is 28.9. The molecule has 0 unspecified atom stereocenters. The maximum absolute atomic E-state index is 2.52. The smallest absolute Gasteiger partial charge is 0.0541 e. The summed E-state index contributed by atoms with van der Waals surface area (Å²) in [6.07, 6.45) is 0. The van der Waals surface area contributed by atoms with Gasteiger partial charge in [0.2, 0.25) is 0 Å². The molecule has 107 heavy (non-hydrogen) atoms. The molecule has 0 fully saturated rings. The van der Waals surface area contributed by atoms with Crippen LogP contribution in [-0.4, -0.2) is 9.13 Å². The molecule has 0 bridgehead atoms. The van der Waals surface area contributed by atoms with E-state index in [1.165, 1.54) is 214 Å². The van der Waals surface area contributed by atoms with Gasteiger partial charge in [0.05, 0.1) is 22.1 Å². The second-order valence-corrected chi connectivity index (χ2v) is 31.8. The van der Waals surface area contributed by atoms with Crippen LogP contribution in [0.3, 0.4) is 0 Å². The van der Waals surface area contributed by atoms with Crippen LogP contribution in [0.4, 0.5) is 0 Å². The normalized spacial score (nSPS) is 13.6. The molecule has 0 aliphatic heterocycles. The first-order chi connectivity index (χ1) is 52.3. The lowest BCUT2D eigenvalue weighted by molar-refractivity contribution is 0.667. The molecule has 0 atom stereocenters. The molecule has 504 valence electrons. The molecule has 0 saturated heterocycles. The van der Waals surface area contributed by atoms with Gasteiger partial charge in [-0.25, -0.2) is 0 Å². The van der Waals surface area contributed by atoms with E-state index < -0.39 is 0 Å². The molecule has 0 saturated carbocycles. The fourth-order valence-electron chi connectivity index (χ4n) is 19.2. The van der Waals surface area contributed by atoms with E-state index in [4.69, 9.17) is 0 Å². The van der Waals surface area contributed by atoms with Gasteiger partial charge >= 0.3 is 0 Å². The Morgan fingerprint density at radius 1 is 0.215 bits per heavy atom. The summed E-state index contributed by atoms with van der Waals surface area (Å²) in [7, 11) is 0. The fraction of sp³-hybridized carbons (Fsp3) is 0.0857. The minimum absolute atomic E-state index is 0.202. The number of hydrogen-bond acceptors (Lipinski definition) is 0. The molecular weight excluding hydrogens is 1290 g/mol. The number of nitrogens with zero attached hydrogens (tertiary/aromatic N) is 2. The van der Waals surface area contributed by atoms with Crippen LogP contribution in [0.2, 0.25) is 0 Å². The average Bonchev–Trinajstić information content (AvgIpc) is 1.56. The molecule has 22 rings (SSSR count). The first-order valence-corrected chi connectivity index (χ1v) is 37.9. The van der Waals surface area contributed by atoms with E-state index in [2.05, 4.69) is 384 Å². The van der Waals surface area contributed by atoms with Crippen molar-refractivity contribution < 1.29 is 0 Å². The van der Waals surface area contributed by atoms with Gasteiger partial charge in [-0.1, -0.05) is 260 Å². The van der Waals surface area contributed by atoms with Crippen LogP contribution in [-0.2, 0) is 10.8 Å². The maximum Gasteiger partial charge on any atom is 0.0541 e. The monoisotopic (exact) mass is 1360 g/mol. The summed E-state index contributed by atoms with van der Waals surface area (Å²) < 4.78 is 5.00. The van der Waals surface area contributed by atoms with Crippen LogP contribution in [0, 0.1) is 0 Å². The molecule has 0 N–H and O–H groups in total. The summed E-state index contributed by atoms with van der Waals surface area (Å²) in [5.41, 5.74) is 31.0. The van der Waals surface area contributed by atoms with E-state index in [1.54, 1.807) is 0 Å². The zero-order chi connectivity index (χ0) is 71.3. The van der Waals surface area contributed by atoms with Crippen molar-refractivity contribution >= 4 is 108 Å². The van der Waals surface area contributed by atoms with E-state index in [9.17, 15) is 0 Å². The lowest BCUT2D eigenvalue weighted by Crippen LogP contribution is -2.15.